The molecule has 138 valence electrons. The molecule has 1 atom stereocenters. The Labute approximate surface area is 154 Å². The molecule has 0 spiro atoms. The summed E-state index contributed by atoms with van der Waals surface area (Å²) >= 11 is 0. The van der Waals surface area contributed by atoms with Crippen molar-refractivity contribution in [2.75, 3.05) is 39.2 Å². The smallest absolute Gasteiger partial charge is 0.317 e. The van der Waals surface area contributed by atoms with Gasteiger partial charge in [-0.1, -0.05) is 24.3 Å². The Morgan fingerprint density at radius 3 is 2.46 bits per heavy atom. The molecule has 0 aliphatic carbocycles. The van der Waals surface area contributed by atoms with Crippen LogP contribution in [0, 0.1) is 0 Å². The molecule has 0 aromatic heterocycles. The fourth-order valence-electron chi connectivity index (χ4n) is 2.74. The largest absolute Gasteiger partial charge is 0.486 e. The molecule has 2 aromatic rings. The first-order valence-electron chi connectivity index (χ1n) is 8.66. The summed E-state index contributed by atoms with van der Waals surface area (Å²) < 4.78 is 11.5. The van der Waals surface area contributed by atoms with Gasteiger partial charge in [0, 0.05) is 33.4 Å². The zero-order valence-corrected chi connectivity index (χ0v) is 15.4. The summed E-state index contributed by atoms with van der Waals surface area (Å²) in [6, 6.07) is 15.6. The molecule has 2 aromatic carbocycles. The summed E-state index contributed by atoms with van der Waals surface area (Å²) in [6.45, 7) is 1.37. The maximum absolute atomic E-state index is 12.3. The molecular formula is C20H25N3O3. The first-order valence-corrected chi connectivity index (χ1v) is 8.66. The molecule has 0 radical (unpaired) electrons. The highest BCUT2D eigenvalue weighted by atomic mass is 16.6. The fraction of sp³-hybridized carbons (Fsp3) is 0.350. The highest BCUT2D eigenvalue weighted by Gasteiger charge is 2.21. The average molecular weight is 355 g/mol. The van der Waals surface area contributed by atoms with Crippen LogP contribution < -0.4 is 19.7 Å². The van der Waals surface area contributed by atoms with Crippen molar-refractivity contribution in [3.63, 3.8) is 0 Å². The minimum absolute atomic E-state index is 0.135. The minimum atomic E-state index is -0.193. The lowest BCUT2D eigenvalue weighted by Gasteiger charge is -2.27. The third kappa shape index (κ3) is 4.39. The zero-order valence-electron chi connectivity index (χ0n) is 15.4. The van der Waals surface area contributed by atoms with Crippen molar-refractivity contribution in [1.82, 2.24) is 10.2 Å². The van der Waals surface area contributed by atoms with Crippen LogP contribution in [-0.2, 0) is 6.54 Å². The molecule has 26 heavy (non-hydrogen) atoms. The fourth-order valence-corrected chi connectivity index (χ4v) is 2.74. The molecule has 1 heterocycles. The molecule has 0 saturated heterocycles. The lowest BCUT2D eigenvalue weighted by atomic mass is 10.2. The van der Waals surface area contributed by atoms with Crippen LogP contribution in [0.3, 0.4) is 0 Å². The van der Waals surface area contributed by atoms with Crippen molar-refractivity contribution >= 4 is 11.7 Å². The summed E-state index contributed by atoms with van der Waals surface area (Å²) in [5.74, 6) is 1.46. The van der Waals surface area contributed by atoms with Gasteiger partial charge in [-0.15, -0.1) is 0 Å². The average Bonchev–Trinajstić information content (AvgIpc) is 2.66. The second-order valence-electron chi connectivity index (χ2n) is 6.60. The van der Waals surface area contributed by atoms with Gasteiger partial charge in [-0.3, -0.25) is 0 Å². The predicted molar refractivity (Wildman–Crippen MR) is 102 cm³/mol. The number of nitrogens with one attached hydrogen (secondary N) is 1. The number of ether oxygens (including phenoxy) is 2. The van der Waals surface area contributed by atoms with E-state index in [4.69, 9.17) is 9.47 Å². The number of fused-ring (bicyclic) bond motifs is 1. The summed E-state index contributed by atoms with van der Waals surface area (Å²) in [5, 5.41) is 2.91. The molecule has 2 amide bonds. The van der Waals surface area contributed by atoms with Crippen LogP contribution >= 0.6 is 0 Å². The second kappa shape index (κ2) is 7.99. The van der Waals surface area contributed by atoms with Gasteiger partial charge >= 0.3 is 6.03 Å². The van der Waals surface area contributed by atoms with E-state index in [1.165, 1.54) is 0 Å². The predicted octanol–water partition coefficient (Wildman–Crippen LogP) is 2.73. The maximum atomic E-state index is 12.3. The van der Waals surface area contributed by atoms with Gasteiger partial charge in [-0.05, 0) is 29.8 Å². The molecule has 1 aliphatic heterocycles. The summed E-state index contributed by atoms with van der Waals surface area (Å²) in [4.78, 5) is 16.0. The van der Waals surface area contributed by atoms with Crippen LogP contribution in [0.15, 0.2) is 48.5 Å². The van der Waals surface area contributed by atoms with E-state index in [1.54, 1.807) is 11.9 Å². The van der Waals surface area contributed by atoms with Gasteiger partial charge in [0.05, 0.1) is 6.54 Å². The number of anilines is 1. The van der Waals surface area contributed by atoms with Crippen molar-refractivity contribution in [1.29, 1.82) is 0 Å². The van der Waals surface area contributed by atoms with Crippen LogP contribution in [0.4, 0.5) is 10.5 Å². The molecule has 6 nitrogen and oxygen atoms in total. The number of carbonyl (C=O) groups is 1. The van der Waals surface area contributed by atoms with Gasteiger partial charge < -0.3 is 24.6 Å². The molecule has 1 N–H and O–H groups in total. The number of hydrogen-bond donors (Lipinski definition) is 1. The van der Waals surface area contributed by atoms with Crippen molar-refractivity contribution < 1.29 is 14.3 Å². The maximum Gasteiger partial charge on any atom is 0.317 e. The lowest BCUT2D eigenvalue weighted by molar-refractivity contribution is 0.0904. The quantitative estimate of drug-likeness (QED) is 0.896. The van der Waals surface area contributed by atoms with E-state index in [1.807, 2.05) is 67.5 Å². The van der Waals surface area contributed by atoms with E-state index < -0.39 is 0 Å². The number of para-hydroxylation sites is 2. The van der Waals surface area contributed by atoms with E-state index in [0.717, 1.165) is 17.0 Å². The van der Waals surface area contributed by atoms with Crippen LogP contribution in [0.5, 0.6) is 11.5 Å². The second-order valence-corrected chi connectivity index (χ2v) is 6.60. The lowest BCUT2D eigenvalue weighted by Crippen LogP contribution is -2.44. The molecule has 6 heteroatoms. The number of rotatable bonds is 5. The molecule has 0 bridgehead atoms. The Morgan fingerprint density at radius 2 is 1.77 bits per heavy atom. The number of nitrogens with zero attached hydrogens (tertiary/aromatic N) is 2. The molecular weight excluding hydrogens is 330 g/mol. The van der Waals surface area contributed by atoms with Gasteiger partial charge in [0.1, 0.15) is 6.61 Å². The van der Waals surface area contributed by atoms with E-state index in [0.29, 0.717) is 25.4 Å². The Hall–Kier alpha value is -2.89. The number of hydrogen-bond acceptors (Lipinski definition) is 4. The van der Waals surface area contributed by atoms with Gasteiger partial charge in [0.25, 0.3) is 0 Å². The Kier molecular flexibility index (Phi) is 5.51. The van der Waals surface area contributed by atoms with Crippen LogP contribution in [0.1, 0.15) is 5.56 Å². The molecule has 0 unspecified atom stereocenters. The first-order chi connectivity index (χ1) is 12.5. The van der Waals surface area contributed by atoms with Gasteiger partial charge in [-0.25, -0.2) is 4.79 Å². The Balaban J connectivity index is 1.47. The summed E-state index contributed by atoms with van der Waals surface area (Å²) in [7, 11) is 5.79. The molecule has 0 fully saturated rings. The third-order valence-corrected chi connectivity index (χ3v) is 4.27. The van der Waals surface area contributed by atoms with Crippen molar-refractivity contribution in [3.8, 4) is 11.5 Å². The topological polar surface area (TPSA) is 54.0 Å². The number of urea groups is 1. The molecule has 0 saturated carbocycles. The van der Waals surface area contributed by atoms with Crippen molar-refractivity contribution in [2.24, 2.45) is 0 Å². The van der Waals surface area contributed by atoms with E-state index in [9.17, 15) is 4.79 Å². The van der Waals surface area contributed by atoms with Gasteiger partial charge in [0.15, 0.2) is 17.6 Å². The van der Waals surface area contributed by atoms with E-state index in [-0.39, 0.29) is 12.1 Å². The van der Waals surface area contributed by atoms with Crippen molar-refractivity contribution in [3.05, 3.63) is 54.1 Å². The van der Waals surface area contributed by atoms with Crippen molar-refractivity contribution in [2.45, 2.75) is 12.6 Å². The van der Waals surface area contributed by atoms with Gasteiger partial charge in [-0.2, -0.15) is 0 Å². The first kappa shape index (κ1) is 17.9. The highest BCUT2D eigenvalue weighted by molar-refractivity contribution is 5.73. The van der Waals surface area contributed by atoms with E-state index >= 15 is 0 Å². The SMILES string of the molecule is CN(Cc1ccc(N(C)C)cc1)C(=O)NC[C@H]1COc2ccccc2O1. The number of carbonyl (C=O) groups excluding carboxylic acids is 1. The zero-order chi connectivity index (χ0) is 18.5. The summed E-state index contributed by atoms with van der Waals surface area (Å²) in [6.07, 6.45) is -0.193. The van der Waals surface area contributed by atoms with Crippen LogP contribution in [0.2, 0.25) is 0 Å². The highest BCUT2D eigenvalue weighted by Crippen LogP contribution is 2.30. The normalized spacial score (nSPS) is 15.3. The van der Waals surface area contributed by atoms with E-state index in [2.05, 4.69) is 5.32 Å². The Bertz CT molecular complexity index is 746. The monoisotopic (exact) mass is 355 g/mol. The summed E-state index contributed by atoms with van der Waals surface area (Å²) in [5.41, 5.74) is 2.22. The molecule has 3 rings (SSSR count). The Morgan fingerprint density at radius 1 is 1.08 bits per heavy atom. The van der Waals surface area contributed by atoms with Crippen LogP contribution in [-0.4, -0.2) is 51.3 Å². The molecule has 1 aliphatic rings. The number of amides is 2. The minimum Gasteiger partial charge on any atom is -0.486 e. The third-order valence-electron chi connectivity index (χ3n) is 4.27. The van der Waals surface area contributed by atoms with Gasteiger partial charge in [0.2, 0.25) is 0 Å². The van der Waals surface area contributed by atoms with Crippen LogP contribution in [0.25, 0.3) is 0 Å². The standard InChI is InChI=1S/C20H25N3O3/c1-22(2)16-10-8-15(9-11-16)13-23(3)20(24)21-12-17-14-25-18-6-4-5-7-19(18)26-17/h4-11,17H,12-14H2,1-3H3,(H,21,24)/t17-/m0/s1. The number of benzene rings is 2.